The van der Waals surface area contributed by atoms with Crippen LogP contribution < -0.4 is 5.32 Å². The minimum Gasteiger partial charge on any atom is -0.340 e. The van der Waals surface area contributed by atoms with Gasteiger partial charge in [0.05, 0.1) is 5.56 Å². The molecule has 29 heavy (non-hydrogen) atoms. The fourth-order valence-corrected chi connectivity index (χ4v) is 2.54. The first-order chi connectivity index (χ1) is 13.6. The van der Waals surface area contributed by atoms with Crippen LogP contribution in [0, 0.1) is 17.5 Å². The maximum Gasteiger partial charge on any atom is 0.352 e. The van der Waals surface area contributed by atoms with Gasteiger partial charge in [-0.05, 0) is 36.8 Å². The monoisotopic (exact) mass is 414 g/mol. The molecule has 2 amide bonds. The Hall–Kier alpha value is -2.97. The predicted molar refractivity (Wildman–Crippen MR) is 97.2 cm³/mol. The lowest BCUT2D eigenvalue weighted by molar-refractivity contribution is -0.158. The van der Waals surface area contributed by atoms with E-state index in [1.165, 1.54) is 7.05 Å². The summed E-state index contributed by atoms with van der Waals surface area (Å²) in [4.78, 5) is 25.2. The van der Waals surface area contributed by atoms with E-state index < -0.39 is 40.8 Å². The molecule has 0 radical (unpaired) electrons. The lowest BCUT2D eigenvalue weighted by Gasteiger charge is -2.24. The fourth-order valence-electron chi connectivity index (χ4n) is 2.54. The summed E-state index contributed by atoms with van der Waals surface area (Å²) >= 11 is 0. The molecule has 0 aliphatic heterocycles. The molecule has 0 atom stereocenters. The molecule has 2 rings (SSSR count). The van der Waals surface area contributed by atoms with Gasteiger partial charge in [-0.25, -0.2) is 13.2 Å². The number of carbonyl (C=O) groups excluding carboxylic acids is 2. The number of hydrogen-bond donors (Lipinski definition) is 1. The van der Waals surface area contributed by atoms with Crippen molar-refractivity contribution in [2.75, 3.05) is 18.9 Å². The molecule has 2 aromatic rings. The lowest BCUT2D eigenvalue weighted by atomic mass is 10.0. The highest BCUT2D eigenvalue weighted by Crippen LogP contribution is 2.33. The van der Waals surface area contributed by atoms with Gasteiger partial charge in [0.2, 0.25) is 0 Å². The second kappa shape index (κ2) is 9.02. The van der Waals surface area contributed by atoms with Gasteiger partial charge in [0.15, 0.2) is 11.6 Å². The molecular weight excluding hydrogens is 395 g/mol. The highest BCUT2D eigenvalue weighted by atomic mass is 19.3. The summed E-state index contributed by atoms with van der Waals surface area (Å²) in [7, 11) is 1.18. The van der Waals surface area contributed by atoms with Crippen LogP contribution in [-0.2, 0) is 10.7 Å². The van der Waals surface area contributed by atoms with E-state index in [0.29, 0.717) is 31.0 Å². The van der Waals surface area contributed by atoms with Crippen molar-refractivity contribution < 1.29 is 31.5 Å². The van der Waals surface area contributed by atoms with Gasteiger partial charge in [0, 0.05) is 30.9 Å². The van der Waals surface area contributed by atoms with Crippen LogP contribution in [-0.4, -0.2) is 30.3 Å². The molecule has 0 saturated heterocycles. The average molecular weight is 414 g/mol. The molecular formula is C20H19F5N2O2. The van der Waals surface area contributed by atoms with Gasteiger partial charge < -0.3 is 10.2 Å². The van der Waals surface area contributed by atoms with Gasteiger partial charge in [-0.3, -0.25) is 9.59 Å². The maximum absolute atomic E-state index is 14.6. The molecule has 4 nitrogen and oxygen atoms in total. The highest BCUT2D eigenvalue weighted by molar-refractivity contribution is 6.04. The normalized spacial score (nSPS) is 11.3. The average Bonchev–Trinajstić information content (AvgIpc) is 2.68. The molecule has 1 N–H and O–H groups in total. The lowest BCUT2D eigenvalue weighted by Crippen LogP contribution is -2.40. The summed E-state index contributed by atoms with van der Waals surface area (Å²) in [5, 5.41) is 2.20. The maximum atomic E-state index is 14.6. The van der Waals surface area contributed by atoms with Crippen LogP contribution in [0.2, 0.25) is 0 Å². The molecule has 0 aliphatic rings. The van der Waals surface area contributed by atoms with Crippen LogP contribution in [0.3, 0.4) is 0 Å². The van der Waals surface area contributed by atoms with Gasteiger partial charge in [-0.2, -0.15) is 8.78 Å². The second-order valence-electron chi connectivity index (χ2n) is 6.43. The number of amides is 2. The Bertz CT molecular complexity index is 918. The Morgan fingerprint density at radius 2 is 1.66 bits per heavy atom. The summed E-state index contributed by atoms with van der Waals surface area (Å²) in [5.41, 5.74) is -1.75. The summed E-state index contributed by atoms with van der Waals surface area (Å²) in [5.74, 6) is -10.4. The topological polar surface area (TPSA) is 49.4 Å². The van der Waals surface area contributed by atoms with Crippen molar-refractivity contribution in [3.8, 4) is 0 Å². The zero-order valence-corrected chi connectivity index (χ0v) is 15.7. The Morgan fingerprint density at radius 1 is 1.00 bits per heavy atom. The first-order valence-corrected chi connectivity index (χ1v) is 8.77. The molecule has 0 unspecified atom stereocenters. The number of alkyl halides is 2. The number of halogens is 5. The number of likely N-dealkylation sites (N-methyl/N-ethyl adjacent to an activating group) is 1. The van der Waals surface area contributed by atoms with Crippen molar-refractivity contribution in [1.29, 1.82) is 0 Å². The number of carbonyl (C=O) groups is 2. The summed E-state index contributed by atoms with van der Waals surface area (Å²) in [6.07, 6.45) is 1.18. The van der Waals surface area contributed by atoms with Crippen LogP contribution in [0.15, 0.2) is 36.4 Å². The largest absolute Gasteiger partial charge is 0.352 e. The second-order valence-corrected chi connectivity index (χ2v) is 6.43. The third-order valence-corrected chi connectivity index (χ3v) is 4.21. The molecule has 0 bridgehead atoms. The summed E-state index contributed by atoms with van der Waals surface area (Å²) in [6.45, 7) is 1.90. The molecule has 0 heterocycles. The van der Waals surface area contributed by atoms with E-state index in [0.717, 1.165) is 23.1 Å². The zero-order valence-electron chi connectivity index (χ0n) is 15.7. The SMILES string of the molecule is CCCCN(C)C(=O)C(F)(F)c1cc(C(=O)Nc2ccc(F)c(F)c2)ccc1F. The van der Waals surface area contributed by atoms with Gasteiger partial charge >= 0.3 is 5.92 Å². The number of hydrogen-bond acceptors (Lipinski definition) is 2. The minimum atomic E-state index is -4.19. The molecule has 156 valence electrons. The molecule has 2 aromatic carbocycles. The summed E-state index contributed by atoms with van der Waals surface area (Å²) < 4.78 is 69.5. The standard InChI is InChI=1S/C20H19F5N2O2/c1-3-4-9-27(2)19(29)20(24,25)14-10-12(5-7-15(14)21)18(28)26-13-6-8-16(22)17(23)11-13/h5-8,10-11H,3-4,9H2,1-2H3,(H,26,28). The van der Waals surface area contributed by atoms with Crippen molar-refractivity contribution in [1.82, 2.24) is 4.90 Å². The Morgan fingerprint density at radius 3 is 2.28 bits per heavy atom. The number of nitrogens with one attached hydrogen (secondary N) is 1. The highest BCUT2D eigenvalue weighted by Gasteiger charge is 2.45. The Kier molecular flexibility index (Phi) is 6.94. The van der Waals surface area contributed by atoms with E-state index in [-0.39, 0.29) is 17.8 Å². The van der Waals surface area contributed by atoms with E-state index in [9.17, 15) is 31.5 Å². The summed E-state index contributed by atoms with van der Waals surface area (Å²) in [6, 6.07) is 4.70. The Balaban J connectivity index is 2.29. The molecule has 0 saturated carbocycles. The quantitative estimate of drug-likeness (QED) is 0.668. The van der Waals surface area contributed by atoms with Crippen molar-refractivity contribution in [2.45, 2.75) is 25.7 Å². The van der Waals surface area contributed by atoms with Crippen LogP contribution in [0.25, 0.3) is 0 Å². The number of nitrogens with zero attached hydrogens (tertiary/aromatic N) is 1. The number of unbranched alkanes of at least 4 members (excludes halogenated alkanes) is 1. The number of anilines is 1. The van der Waals surface area contributed by atoms with Crippen LogP contribution in [0.4, 0.5) is 27.6 Å². The third-order valence-electron chi connectivity index (χ3n) is 4.21. The number of benzene rings is 2. The van der Waals surface area contributed by atoms with Crippen molar-refractivity contribution >= 4 is 17.5 Å². The predicted octanol–water partition coefficient (Wildman–Crippen LogP) is 4.71. The van der Waals surface area contributed by atoms with Crippen molar-refractivity contribution in [3.63, 3.8) is 0 Å². The minimum absolute atomic E-state index is 0.0723. The van der Waals surface area contributed by atoms with Crippen LogP contribution in [0.1, 0.15) is 35.7 Å². The van der Waals surface area contributed by atoms with E-state index >= 15 is 0 Å². The smallest absolute Gasteiger partial charge is 0.340 e. The van der Waals surface area contributed by atoms with Gasteiger partial charge in [-0.15, -0.1) is 0 Å². The third kappa shape index (κ3) is 5.10. The van der Waals surface area contributed by atoms with E-state index in [4.69, 9.17) is 0 Å². The number of rotatable bonds is 7. The van der Waals surface area contributed by atoms with E-state index in [1.54, 1.807) is 0 Å². The van der Waals surface area contributed by atoms with Gasteiger partial charge in [-0.1, -0.05) is 13.3 Å². The first kappa shape index (κ1) is 22.3. The van der Waals surface area contributed by atoms with Gasteiger partial charge in [0.1, 0.15) is 5.82 Å². The van der Waals surface area contributed by atoms with Crippen molar-refractivity contribution in [3.05, 3.63) is 65.0 Å². The molecule has 9 heteroatoms. The molecule has 0 aromatic heterocycles. The first-order valence-electron chi connectivity index (χ1n) is 8.77. The van der Waals surface area contributed by atoms with E-state index in [1.807, 2.05) is 6.92 Å². The molecule has 0 fully saturated rings. The van der Waals surface area contributed by atoms with E-state index in [2.05, 4.69) is 5.32 Å². The fraction of sp³-hybridized carbons (Fsp3) is 0.300. The molecule has 0 aliphatic carbocycles. The Labute approximate surface area is 164 Å². The van der Waals surface area contributed by atoms with Crippen LogP contribution in [0.5, 0.6) is 0 Å². The molecule has 0 spiro atoms. The van der Waals surface area contributed by atoms with Gasteiger partial charge in [0.25, 0.3) is 11.8 Å². The van der Waals surface area contributed by atoms with Crippen molar-refractivity contribution in [2.24, 2.45) is 0 Å². The van der Waals surface area contributed by atoms with Crippen LogP contribution >= 0.6 is 0 Å². The zero-order chi connectivity index (χ0) is 21.8.